The lowest BCUT2D eigenvalue weighted by molar-refractivity contribution is -0.123. The van der Waals surface area contributed by atoms with Crippen molar-refractivity contribution < 1.29 is 9.59 Å². The number of carbonyl (C=O) groups excluding carboxylic acids is 2. The standard InChI is InChI=1S/C22H29BrN6O2/c1-3-15(2)24-19(30)14-27-10-12-28(13-11-27)22(31)20-21(16-4-5-16)29(26-25-20)18-8-6-17(23)7-9-18/h6-9,15-16H,3-5,10-14H2,1-2H3,(H,24,30). The zero-order valence-corrected chi connectivity index (χ0v) is 19.6. The Balaban J connectivity index is 1.41. The predicted molar refractivity (Wildman–Crippen MR) is 121 cm³/mol. The highest BCUT2D eigenvalue weighted by molar-refractivity contribution is 9.10. The van der Waals surface area contributed by atoms with Crippen molar-refractivity contribution in [3.63, 3.8) is 0 Å². The van der Waals surface area contributed by atoms with E-state index < -0.39 is 0 Å². The first kappa shape index (κ1) is 22.0. The SMILES string of the molecule is CCC(C)NC(=O)CN1CCN(C(=O)c2nnn(-c3ccc(Br)cc3)c2C2CC2)CC1. The molecule has 2 aliphatic rings. The molecule has 1 aliphatic carbocycles. The Morgan fingerprint density at radius 3 is 2.45 bits per heavy atom. The van der Waals surface area contributed by atoms with E-state index in [0.717, 1.165) is 35.1 Å². The molecule has 2 aromatic rings. The van der Waals surface area contributed by atoms with Gasteiger partial charge in [-0.1, -0.05) is 28.1 Å². The smallest absolute Gasteiger partial charge is 0.276 e. The third kappa shape index (κ3) is 5.15. The second kappa shape index (κ2) is 9.48. The highest BCUT2D eigenvalue weighted by Gasteiger charge is 2.36. The average molecular weight is 489 g/mol. The molecule has 2 heterocycles. The summed E-state index contributed by atoms with van der Waals surface area (Å²) in [4.78, 5) is 29.4. The summed E-state index contributed by atoms with van der Waals surface area (Å²) >= 11 is 3.46. The molecule has 4 rings (SSSR count). The normalized spacial score (nSPS) is 18.1. The molecule has 1 saturated carbocycles. The Morgan fingerprint density at radius 1 is 1.16 bits per heavy atom. The van der Waals surface area contributed by atoms with Gasteiger partial charge < -0.3 is 10.2 Å². The summed E-state index contributed by atoms with van der Waals surface area (Å²) in [5.41, 5.74) is 2.30. The molecule has 9 heteroatoms. The van der Waals surface area contributed by atoms with Gasteiger partial charge in [0.15, 0.2) is 5.69 Å². The van der Waals surface area contributed by atoms with Crippen LogP contribution in [0.5, 0.6) is 0 Å². The number of aromatic nitrogens is 3. The van der Waals surface area contributed by atoms with Gasteiger partial charge >= 0.3 is 0 Å². The Labute approximate surface area is 191 Å². The highest BCUT2D eigenvalue weighted by Crippen LogP contribution is 2.42. The molecule has 31 heavy (non-hydrogen) atoms. The number of nitrogens with zero attached hydrogens (tertiary/aromatic N) is 5. The summed E-state index contributed by atoms with van der Waals surface area (Å²) in [6, 6.07) is 8.06. The van der Waals surface area contributed by atoms with E-state index in [9.17, 15) is 9.59 Å². The van der Waals surface area contributed by atoms with Crippen molar-refractivity contribution in [2.24, 2.45) is 0 Å². The van der Waals surface area contributed by atoms with Gasteiger partial charge in [0, 0.05) is 42.6 Å². The molecule has 1 saturated heterocycles. The number of hydrogen-bond donors (Lipinski definition) is 1. The van der Waals surface area contributed by atoms with Crippen molar-refractivity contribution in [2.75, 3.05) is 32.7 Å². The second-order valence-corrected chi connectivity index (χ2v) is 9.35. The second-order valence-electron chi connectivity index (χ2n) is 8.43. The topological polar surface area (TPSA) is 83.4 Å². The van der Waals surface area contributed by atoms with Crippen LogP contribution in [-0.2, 0) is 4.79 Å². The number of amides is 2. The maximum absolute atomic E-state index is 13.3. The maximum atomic E-state index is 13.3. The fourth-order valence-corrected chi connectivity index (χ4v) is 4.09. The number of piperazine rings is 1. The van der Waals surface area contributed by atoms with Crippen LogP contribution in [0.15, 0.2) is 28.7 Å². The molecule has 1 aliphatic heterocycles. The van der Waals surface area contributed by atoms with Crippen LogP contribution >= 0.6 is 15.9 Å². The van der Waals surface area contributed by atoms with Crippen molar-refractivity contribution in [1.29, 1.82) is 0 Å². The molecule has 1 unspecified atom stereocenters. The summed E-state index contributed by atoms with van der Waals surface area (Å²) in [5, 5.41) is 11.6. The third-order valence-electron chi connectivity index (χ3n) is 5.99. The number of halogens is 1. The lowest BCUT2D eigenvalue weighted by Gasteiger charge is -2.34. The summed E-state index contributed by atoms with van der Waals surface area (Å²) < 4.78 is 2.81. The van der Waals surface area contributed by atoms with Crippen molar-refractivity contribution in [2.45, 2.75) is 45.1 Å². The van der Waals surface area contributed by atoms with E-state index in [4.69, 9.17) is 0 Å². The molecular formula is C22H29BrN6O2. The molecule has 1 aromatic carbocycles. The van der Waals surface area contributed by atoms with E-state index in [0.29, 0.717) is 44.3 Å². The van der Waals surface area contributed by atoms with E-state index >= 15 is 0 Å². The van der Waals surface area contributed by atoms with E-state index in [1.54, 1.807) is 0 Å². The van der Waals surface area contributed by atoms with E-state index in [2.05, 4.69) is 43.4 Å². The molecule has 1 aromatic heterocycles. The summed E-state index contributed by atoms with van der Waals surface area (Å²) in [6.07, 6.45) is 3.03. The molecule has 1 N–H and O–H groups in total. The molecular weight excluding hydrogens is 460 g/mol. The number of rotatable bonds is 7. The largest absolute Gasteiger partial charge is 0.353 e. The molecule has 2 fully saturated rings. The number of nitrogens with one attached hydrogen (secondary N) is 1. The molecule has 0 radical (unpaired) electrons. The van der Waals surface area contributed by atoms with E-state index in [-0.39, 0.29) is 17.9 Å². The third-order valence-corrected chi connectivity index (χ3v) is 6.52. The Hall–Kier alpha value is -2.26. The molecule has 0 spiro atoms. The summed E-state index contributed by atoms with van der Waals surface area (Å²) in [6.45, 7) is 6.97. The predicted octanol–water partition coefficient (Wildman–Crippen LogP) is 2.58. The Kier molecular flexibility index (Phi) is 6.71. The number of carbonyl (C=O) groups is 2. The first-order valence-electron chi connectivity index (χ1n) is 11.0. The van der Waals surface area contributed by atoms with Gasteiger partial charge in [0.05, 0.1) is 17.9 Å². The lowest BCUT2D eigenvalue weighted by Crippen LogP contribution is -2.51. The van der Waals surface area contributed by atoms with Crippen LogP contribution in [0, 0.1) is 0 Å². The van der Waals surface area contributed by atoms with Gasteiger partial charge in [-0.25, -0.2) is 4.68 Å². The maximum Gasteiger partial charge on any atom is 0.276 e. The van der Waals surface area contributed by atoms with Crippen molar-refractivity contribution >= 4 is 27.7 Å². The van der Waals surface area contributed by atoms with Gasteiger partial charge in [-0.2, -0.15) is 0 Å². The Bertz CT molecular complexity index is 932. The van der Waals surface area contributed by atoms with Gasteiger partial charge in [-0.3, -0.25) is 14.5 Å². The fourth-order valence-electron chi connectivity index (χ4n) is 3.82. The van der Waals surface area contributed by atoms with Gasteiger partial charge in [0.25, 0.3) is 5.91 Å². The van der Waals surface area contributed by atoms with Crippen molar-refractivity contribution in [3.8, 4) is 5.69 Å². The van der Waals surface area contributed by atoms with E-state index in [1.807, 2.05) is 40.8 Å². The van der Waals surface area contributed by atoms with Crippen LogP contribution in [-0.4, -0.2) is 75.4 Å². The first-order valence-corrected chi connectivity index (χ1v) is 11.8. The van der Waals surface area contributed by atoms with Crippen molar-refractivity contribution in [3.05, 3.63) is 40.1 Å². The number of hydrogen-bond acceptors (Lipinski definition) is 5. The van der Waals surface area contributed by atoms with Crippen LogP contribution in [0.2, 0.25) is 0 Å². The van der Waals surface area contributed by atoms with Gasteiger partial charge in [-0.05, 0) is 50.5 Å². The number of benzene rings is 1. The highest BCUT2D eigenvalue weighted by atomic mass is 79.9. The molecule has 166 valence electrons. The first-order chi connectivity index (χ1) is 15.0. The van der Waals surface area contributed by atoms with E-state index in [1.165, 1.54) is 0 Å². The van der Waals surface area contributed by atoms with Crippen LogP contribution < -0.4 is 5.32 Å². The molecule has 2 amide bonds. The van der Waals surface area contributed by atoms with Crippen LogP contribution in [0.1, 0.15) is 55.2 Å². The minimum Gasteiger partial charge on any atom is -0.353 e. The van der Waals surface area contributed by atoms with Gasteiger partial charge in [0.2, 0.25) is 5.91 Å². The summed E-state index contributed by atoms with van der Waals surface area (Å²) in [7, 11) is 0. The quantitative estimate of drug-likeness (QED) is 0.647. The molecule has 0 bridgehead atoms. The Morgan fingerprint density at radius 2 is 1.84 bits per heavy atom. The minimum absolute atomic E-state index is 0.0441. The van der Waals surface area contributed by atoms with Crippen LogP contribution in [0.3, 0.4) is 0 Å². The van der Waals surface area contributed by atoms with Crippen molar-refractivity contribution in [1.82, 2.24) is 30.1 Å². The monoisotopic (exact) mass is 488 g/mol. The minimum atomic E-state index is -0.0611. The lowest BCUT2D eigenvalue weighted by atomic mass is 10.1. The van der Waals surface area contributed by atoms with Gasteiger partial charge in [-0.15, -0.1) is 5.10 Å². The van der Waals surface area contributed by atoms with Crippen LogP contribution in [0.25, 0.3) is 5.69 Å². The van der Waals surface area contributed by atoms with Gasteiger partial charge in [0.1, 0.15) is 0 Å². The fraction of sp³-hybridized carbons (Fsp3) is 0.545. The molecule has 8 nitrogen and oxygen atoms in total. The average Bonchev–Trinajstić information content (AvgIpc) is 3.52. The molecule has 1 atom stereocenters. The van der Waals surface area contributed by atoms with Crippen LogP contribution in [0.4, 0.5) is 0 Å². The summed E-state index contributed by atoms with van der Waals surface area (Å²) in [5.74, 6) is 0.319. The zero-order chi connectivity index (χ0) is 22.0. The zero-order valence-electron chi connectivity index (χ0n) is 18.1.